The maximum Gasteiger partial charge on any atom is 0.456 e. The first-order chi connectivity index (χ1) is 2.79. The lowest BCUT2D eigenvalue weighted by atomic mass is 12.0. The Hall–Kier alpha value is -0.226. The van der Waals surface area contributed by atoms with Gasteiger partial charge in [0.1, 0.15) is 0 Å². The van der Waals surface area contributed by atoms with Crippen molar-refractivity contribution in [2.45, 2.75) is 0 Å². The Labute approximate surface area is 39.3 Å². The van der Waals surface area contributed by atoms with Crippen LogP contribution in [0.3, 0.4) is 0 Å². The van der Waals surface area contributed by atoms with Gasteiger partial charge in [-0.25, -0.2) is 0 Å². The first-order valence-electron chi connectivity index (χ1n) is 1.52. The first kappa shape index (κ1) is 3.95. The zero-order valence-corrected chi connectivity index (χ0v) is 5.23. The number of hydrogen-bond acceptors (Lipinski definition) is 2. The molecule has 1 aliphatic rings. The summed E-state index contributed by atoms with van der Waals surface area (Å²) in [7, 11) is -2.02. The van der Waals surface area contributed by atoms with Crippen molar-refractivity contribution in [3.05, 3.63) is 0 Å². The zero-order chi connectivity index (χ0) is 4.57. The van der Waals surface area contributed by atoms with E-state index in [0.717, 1.165) is 0 Å². The van der Waals surface area contributed by atoms with Crippen LogP contribution in [0.15, 0.2) is 0 Å². The second kappa shape index (κ2) is 1.12. The molecule has 32 valence electrons. The van der Waals surface area contributed by atoms with Gasteiger partial charge in [0, 0.05) is 0 Å². The summed E-state index contributed by atoms with van der Waals surface area (Å²) in [6.07, 6.45) is 7.07. The zero-order valence-electron chi connectivity index (χ0n) is 3.23. The van der Waals surface area contributed by atoms with Crippen molar-refractivity contribution in [3.63, 3.8) is 0 Å². The second-order valence-electron chi connectivity index (χ2n) is 0.948. The van der Waals surface area contributed by atoms with Crippen molar-refractivity contribution in [2.24, 2.45) is 0 Å². The Morgan fingerprint density at radius 3 is 1.33 bits per heavy atom. The smallest absolute Gasteiger partial charge is 0.456 e. The lowest BCUT2D eigenvalue weighted by molar-refractivity contribution is 0.334. The molecule has 1 fully saturated rings. The van der Waals surface area contributed by atoms with Gasteiger partial charge in [0.05, 0.1) is 0 Å². The minimum absolute atomic E-state index is 1.01. The van der Waals surface area contributed by atoms with Crippen molar-refractivity contribution in [1.82, 2.24) is 0 Å². The highest BCUT2D eigenvalue weighted by molar-refractivity contribution is 6.75. The van der Waals surface area contributed by atoms with Crippen LogP contribution < -0.4 is 0 Å². The molecule has 0 saturated carbocycles. The third-order valence-electron chi connectivity index (χ3n) is 0.455. The minimum Gasteiger partial charge on any atom is -0.525 e. The van der Waals surface area contributed by atoms with E-state index < -0.39 is 17.8 Å². The van der Waals surface area contributed by atoms with Crippen LogP contribution in [0.2, 0.25) is 0 Å². The Morgan fingerprint density at radius 1 is 1.00 bits per heavy atom. The van der Waals surface area contributed by atoms with E-state index in [-0.39, 0.29) is 0 Å². The van der Waals surface area contributed by atoms with Crippen LogP contribution in [0.1, 0.15) is 0 Å². The Kier molecular flexibility index (Phi) is 0.740. The molecule has 0 spiro atoms. The maximum atomic E-state index is 4.90. The standard InChI is InChI=1S/C2H4O2Si2/c1-5-3-6(2)4-5/h1-2H2. The average Bonchev–Trinajstić information content (AvgIpc) is 1.33. The summed E-state index contributed by atoms with van der Waals surface area (Å²) in [5.41, 5.74) is 0. The van der Waals surface area contributed by atoms with Gasteiger partial charge in [-0.05, 0) is 12.3 Å². The normalized spacial score (nSPS) is 18.0. The second-order valence-corrected chi connectivity index (χ2v) is 4.07. The predicted molar refractivity (Wildman–Crippen MR) is 27.9 cm³/mol. The van der Waals surface area contributed by atoms with Crippen LogP contribution in [-0.2, 0) is 8.23 Å². The van der Waals surface area contributed by atoms with E-state index in [1.165, 1.54) is 0 Å². The molecule has 0 aliphatic carbocycles. The summed E-state index contributed by atoms with van der Waals surface area (Å²) in [4.78, 5) is 0. The molecule has 1 heterocycles. The van der Waals surface area contributed by atoms with E-state index in [2.05, 4.69) is 12.3 Å². The fourth-order valence-electron chi connectivity index (χ4n) is 0.262. The molecule has 6 heavy (non-hydrogen) atoms. The molecule has 4 heteroatoms. The summed E-state index contributed by atoms with van der Waals surface area (Å²) >= 11 is 0. The van der Waals surface area contributed by atoms with Crippen LogP contribution >= 0.6 is 0 Å². The highest BCUT2D eigenvalue weighted by atomic mass is 28.4. The van der Waals surface area contributed by atoms with Crippen molar-refractivity contribution < 1.29 is 8.23 Å². The lowest BCUT2D eigenvalue weighted by Gasteiger charge is -2.18. The quantitative estimate of drug-likeness (QED) is 0.379. The Balaban J connectivity index is 2.47. The van der Waals surface area contributed by atoms with Gasteiger partial charge in [-0.2, -0.15) is 0 Å². The van der Waals surface area contributed by atoms with Crippen molar-refractivity contribution in [2.75, 3.05) is 0 Å². The molecular weight excluding hydrogens is 112 g/mol. The fraction of sp³-hybridized carbons (Fsp3) is 0. The molecule has 1 saturated heterocycles. The van der Waals surface area contributed by atoms with Gasteiger partial charge in [-0.1, -0.05) is 0 Å². The molecule has 0 N–H and O–H groups in total. The van der Waals surface area contributed by atoms with Crippen LogP contribution in [0, 0.1) is 0 Å². The molecule has 0 aromatic carbocycles. The van der Waals surface area contributed by atoms with Crippen LogP contribution in [0.4, 0.5) is 0 Å². The highest BCUT2D eigenvalue weighted by Crippen LogP contribution is 1.89. The van der Waals surface area contributed by atoms with E-state index in [1.807, 2.05) is 0 Å². The Bertz CT molecular complexity index is 86.1. The molecule has 0 aromatic rings. The summed E-state index contributed by atoms with van der Waals surface area (Å²) in [5.74, 6) is 0. The molecule has 0 amide bonds. The maximum absolute atomic E-state index is 4.90. The van der Waals surface area contributed by atoms with Crippen LogP contribution in [0.5, 0.6) is 0 Å². The molecule has 1 aliphatic heterocycles. The fourth-order valence-corrected chi connectivity index (χ4v) is 2.35. The van der Waals surface area contributed by atoms with Gasteiger partial charge in [0.25, 0.3) is 0 Å². The lowest BCUT2D eigenvalue weighted by Crippen LogP contribution is -2.36. The third-order valence-corrected chi connectivity index (χ3v) is 4.10. The van der Waals surface area contributed by atoms with Gasteiger partial charge in [-0.3, -0.25) is 0 Å². The van der Waals surface area contributed by atoms with Crippen LogP contribution in [0.25, 0.3) is 0 Å². The van der Waals surface area contributed by atoms with Gasteiger partial charge < -0.3 is 8.23 Å². The summed E-state index contributed by atoms with van der Waals surface area (Å²) < 4.78 is 9.80. The SMILES string of the molecule is C=[Si]1O[Si](=C)O1. The average molecular weight is 116 g/mol. The molecule has 0 unspecified atom stereocenters. The van der Waals surface area contributed by atoms with Gasteiger partial charge in [0.2, 0.25) is 0 Å². The molecule has 0 bridgehead atoms. The van der Waals surface area contributed by atoms with E-state index in [9.17, 15) is 0 Å². The van der Waals surface area contributed by atoms with E-state index in [0.29, 0.717) is 0 Å². The monoisotopic (exact) mass is 116 g/mol. The van der Waals surface area contributed by atoms with Gasteiger partial charge in [0.15, 0.2) is 0 Å². The van der Waals surface area contributed by atoms with Crippen molar-refractivity contribution in [1.29, 1.82) is 0 Å². The molecule has 2 nitrogen and oxygen atoms in total. The number of rotatable bonds is 0. The summed E-state index contributed by atoms with van der Waals surface area (Å²) in [5, 5.41) is 0. The molecular formula is C2H4O2Si2. The minimum atomic E-state index is -1.01. The highest BCUT2D eigenvalue weighted by Gasteiger charge is 2.17. The summed E-state index contributed by atoms with van der Waals surface area (Å²) in [6, 6.07) is 0. The van der Waals surface area contributed by atoms with Crippen LogP contribution in [-0.4, -0.2) is 30.1 Å². The Morgan fingerprint density at radius 2 is 1.33 bits per heavy atom. The van der Waals surface area contributed by atoms with Crippen molar-refractivity contribution in [3.8, 4) is 0 Å². The molecule has 1 rings (SSSR count). The van der Waals surface area contributed by atoms with Gasteiger partial charge in [-0.15, -0.1) is 0 Å². The summed E-state index contributed by atoms with van der Waals surface area (Å²) in [6.45, 7) is 0. The van der Waals surface area contributed by atoms with E-state index in [1.54, 1.807) is 0 Å². The van der Waals surface area contributed by atoms with Crippen molar-refractivity contribution >= 4 is 30.1 Å². The van der Waals surface area contributed by atoms with E-state index in [4.69, 9.17) is 8.23 Å². The number of hydrogen-bond donors (Lipinski definition) is 0. The predicted octanol–water partition coefficient (Wildman–Crippen LogP) is -0.963. The molecule has 0 aromatic heterocycles. The molecule has 0 radical (unpaired) electrons. The third kappa shape index (κ3) is 0.480. The first-order valence-corrected chi connectivity index (χ1v) is 4.57. The van der Waals surface area contributed by atoms with Gasteiger partial charge >= 0.3 is 17.8 Å². The topological polar surface area (TPSA) is 18.5 Å². The molecule has 0 atom stereocenters. The van der Waals surface area contributed by atoms with E-state index >= 15 is 0 Å². The largest absolute Gasteiger partial charge is 0.525 e.